The van der Waals surface area contributed by atoms with Gasteiger partial charge in [0, 0.05) is 0 Å². The van der Waals surface area contributed by atoms with E-state index in [4.69, 9.17) is 21.1 Å². The Morgan fingerprint density at radius 1 is 1.17 bits per heavy atom. The van der Waals surface area contributed by atoms with Gasteiger partial charge in [0.25, 0.3) is 0 Å². The third-order valence-electron chi connectivity index (χ3n) is 3.60. The molecule has 0 saturated heterocycles. The Morgan fingerprint density at radius 3 is 2.43 bits per heavy atom. The Bertz CT molecular complexity index is 714. The van der Waals surface area contributed by atoms with Crippen molar-refractivity contribution in [3.63, 3.8) is 0 Å². The number of carbonyl (C=O) groups is 1. The van der Waals surface area contributed by atoms with Gasteiger partial charge in [0.1, 0.15) is 5.75 Å². The number of hydrogen-bond acceptors (Lipinski definition) is 4. The van der Waals surface area contributed by atoms with Gasteiger partial charge in [0.05, 0.1) is 25.2 Å². The molecule has 0 saturated carbocycles. The fourth-order valence-electron chi connectivity index (χ4n) is 2.36. The number of rotatable bonds is 6. The van der Waals surface area contributed by atoms with Crippen LogP contribution in [0.15, 0.2) is 36.4 Å². The van der Waals surface area contributed by atoms with Crippen LogP contribution in [-0.2, 0) is 11.2 Å². The Morgan fingerprint density at radius 2 is 1.87 bits per heavy atom. The number of phenolic OH excluding ortho intramolecular Hbond substituents is 1. The predicted octanol–water partition coefficient (Wildman–Crippen LogP) is 3.47. The summed E-state index contributed by atoms with van der Waals surface area (Å²) in [6.07, 6.45) is 0.112. The van der Waals surface area contributed by atoms with Gasteiger partial charge in [-0.2, -0.15) is 0 Å². The molecule has 0 aliphatic carbocycles. The Balaban J connectivity index is 2.37. The topological polar surface area (TPSA) is 76.0 Å². The molecule has 2 aromatic carbocycles. The summed E-state index contributed by atoms with van der Waals surface area (Å²) in [5.41, 5.74) is 1.02. The molecule has 0 aliphatic heterocycles. The molecule has 2 N–H and O–H groups in total. The first-order valence-electron chi connectivity index (χ1n) is 6.89. The van der Waals surface area contributed by atoms with Crippen LogP contribution in [0.4, 0.5) is 0 Å². The van der Waals surface area contributed by atoms with Gasteiger partial charge in [-0.3, -0.25) is 4.79 Å². The number of methoxy groups -OCH3 is 2. The molecule has 1 atom stereocenters. The molecule has 0 aliphatic rings. The van der Waals surface area contributed by atoms with Crippen LogP contribution in [0, 0.1) is 0 Å². The second kappa shape index (κ2) is 7.24. The lowest BCUT2D eigenvalue weighted by molar-refractivity contribution is -0.138. The number of phenols is 1. The number of halogens is 1. The molecule has 0 aromatic heterocycles. The predicted molar refractivity (Wildman–Crippen MR) is 86.7 cm³/mol. The maximum Gasteiger partial charge on any atom is 0.311 e. The average molecular weight is 337 g/mol. The standard InChI is InChI=1S/C17H17ClO5/c1-22-14-7-6-10(9-13(14)18)12(17(20)21)8-11-4-3-5-15(23-2)16(11)19/h3-7,9,12,19H,8H2,1-2H3,(H,20,21). The monoisotopic (exact) mass is 336 g/mol. The smallest absolute Gasteiger partial charge is 0.311 e. The van der Waals surface area contributed by atoms with E-state index in [0.29, 0.717) is 27.6 Å². The molecule has 2 rings (SSSR count). The van der Waals surface area contributed by atoms with Crippen LogP contribution in [0.5, 0.6) is 17.2 Å². The number of hydrogen-bond donors (Lipinski definition) is 2. The lowest BCUT2D eigenvalue weighted by Gasteiger charge is -2.16. The van der Waals surface area contributed by atoms with Crippen LogP contribution in [0.1, 0.15) is 17.0 Å². The second-order valence-corrected chi connectivity index (χ2v) is 5.36. The van der Waals surface area contributed by atoms with Crippen LogP contribution >= 0.6 is 11.6 Å². The number of ether oxygens (including phenoxy) is 2. The van der Waals surface area contributed by atoms with Gasteiger partial charge in [0.2, 0.25) is 0 Å². The van der Waals surface area contributed by atoms with Gasteiger partial charge in [0.15, 0.2) is 11.5 Å². The summed E-state index contributed by atoms with van der Waals surface area (Å²) in [6, 6.07) is 9.82. The van der Waals surface area contributed by atoms with Crippen molar-refractivity contribution in [1.29, 1.82) is 0 Å². The van der Waals surface area contributed by atoms with Crippen LogP contribution in [0.2, 0.25) is 5.02 Å². The summed E-state index contributed by atoms with van der Waals surface area (Å²) in [5.74, 6) is -1.13. The highest BCUT2D eigenvalue weighted by molar-refractivity contribution is 6.32. The second-order valence-electron chi connectivity index (χ2n) is 4.96. The summed E-state index contributed by atoms with van der Waals surface area (Å²) in [4.78, 5) is 11.6. The third kappa shape index (κ3) is 3.68. The number of carboxylic acid groups (broad SMARTS) is 1. The first-order valence-corrected chi connectivity index (χ1v) is 7.26. The van der Waals surface area contributed by atoms with Gasteiger partial charge in [-0.25, -0.2) is 0 Å². The quantitative estimate of drug-likeness (QED) is 0.844. The van der Waals surface area contributed by atoms with Gasteiger partial charge in [-0.05, 0) is 35.7 Å². The minimum absolute atomic E-state index is 0.0548. The highest BCUT2D eigenvalue weighted by atomic mass is 35.5. The van der Waals surface area contributed by atoms with Gasteiger partial charge in [-0.15, -0.1) is 0 Å². The zero-order valence-corrected chi connectivity index (χ0v) is 13.5. The largest absolute Gasteiger partial charge is 0.504 e. The van der Waals surface area contributed by atoms with Crippen molar-refractivity contribution in [3.05, 3.63) is 52.5 Å². The third-order valence-corrected chi connectivity index (χ3v) is 3.90. The number of benzene rings is 2. The zero-order valence-electron chi connectivity index (χ0n) is 12.7. The summed E-state index contributed by atoms with van der Waals surface area (Å²) in [6.45, 7) is 0. The lowest BCUT2D eigenvalue weighted by atomic mass is 9.91. The Hall–Kier alpha value is -2.40. The van der Waals surface area contributed by atoms with Crippen molar-refractivity contribution in [2.24, 2.45) is 0 Å². The zero-order chi connectivity index (χ0) is 17.0. The average Bonchev–Trinajstić information content (AvgIpc) is 2.53. The van der Waals surface area contributed by atoms with Crippen molar-refractivity contribution >= 4 is 17.6 Å². The molecule has 5 nitrogen and oxygen atoms in total. The molecule has 23 heavy (non-hydrogen) atoms. The van der Waals surface area contributed by atoms with Gasteiger partial charge >= 0.3 is 5.97 Å². The molecular formula is C17H17ClO5. The number of carboxylic acids is 1. The molecule has 0 radical (unpaired) electrons. The molecule has 122 valence electrons. The van der Waals surface area contributed by atoms with E-state index in [1.807, 2.05) is 0 Å². The Kier molecular flexibility index (Phi) is 5.34. The highest BCUT2D eigenvalue weighted by Gasteiger charge is 2.23. The van der Waals surface area contributed by atoms with Gasteiger partial charge in [-0.1, -0.05) is 29.8 Å². The fraction of sp³-hybridized carbons (Fsp3) is 0.235. The van der Waals surface area contributed by atoms with E-state index in [9.17, 15) is 15.0 Å². The van der Waals surface area contributed by atoms with E-state index >= 15 is 0 Å². The Labute approximate surface area is 139 Å². The molecular weight excluding hydrogens is 320 g/mol. The van der Waals surface area contributed by atoms with Crippen molar-refractivity contribution in [3.8, 4) is 17.2 Å². The molecule has 0 spiro atoms. The summed E-state index contributed by atoms with van der Waals surface area (Å²) in [5, 5.41) is 20.0. The number of para-hydroxylation sites is 1. The van der Waals surface area contributed by atoms with Crippen LogP contribution in [0.3, 0.4) is 0 Å². The molecule has 0 fully saturated rings. The van der Waals surface area contributed by atoms with Crippen LogP contribution in [0.25, 0.3) is 0 Å². The fourth-order valence-corrected chi connectivity index (χ4v) is 2.63. The van der Waals surface area contributed by atoms with Crippen molar-refractivity contribution in [2.45, 2.75) is 12.3 Å². The summed E-state index contributed by atoms with van der Waals surface area (Å²) in [7, 11) is 2.93. The maximum absolute atomic E-state index is 11.6. The van der Waals surface area contributed by atoms with Crippen molar-refractivity contribution in [1.82, 2.24) is 0 Å². The molecule has 0 heterocycles. The molecule has 1 unspecified atom stereocenters. The van der Waals surface area contributed by atoms with E-state index in [2.05, 4.69) is 0 Å². The first-order chi connectivity index (χ1) is 11.0. The van der Waals surface area contributed by atoms with Gasteiger partial charge < -0.3 is 19.7 Å². The van der Waals surface area contributed by atoms with Crippen LogP contribution < -0.4 is 9.47 Å². The van der Waals surface area contributed by atoms with E-state index in [1.54, 1.807) is 36.4 Å². The normalized spacial score (nSPS) is 11.8. The summed E-state index contributed by atoms with van der Waals surface area (Å²) < 4.78 is 10.1. The first kappa shape index (κ1) is 17.0. The lowest BCUT2D eigenvalue weighted by Crippen LogP contribution is -2.14. The molecule has 6 heteroatoms. The number of aromatic hydroxyl groups is 1. The van der Waals surface area contributed by atoms with Crippen molar-refractivity contribution < 1.29 is 24.5 Å². The van der Waals surface area contributed by atoms with E-state index < -0.39 is 11.9 Å². The highest BCUT2D eigenvalue weighted by Crippen LogP contribution is 2.35. The molecule has 2 aromatic rings. The van der Waals surface area contributed by atoms with E-state index in [0.717, 1.165) is 0 Å². The SMILES string of the molecule is COc1ccc(C(Cc2cccc(OC)c2O)C(=O)O)cc1Cl. The summed E-state index contributed by atoms with van der Waals surface area (Å²) >= 11 is 6.07. The van der Waals surface area contributed by atoms with Crippen molar-refractivity contribution in [2.75, 3.05) is 14.2 Å². The van der Waals surface area contributed by atoms with E-state index in [1.165, 1.54) is 14.2 Å². The van der Waals surface area contributed by atoms with Crippen LogP contribution in [-0.4, -0.2) is 30.4 Å². The minimum atomic E-state index is -1.01. The molecule has 0 amide bonds. The van der Waals surface area contributed by atoms with E-state index in [-0.39, 0.29) is 12.2 Å². The maximum atomic E-state index is 11.6. The number of aliphatic carboxylic acids is 1. The molecule has 0 bridgehead atoms. The minimum Gasteiger partial charge on any atom is -0.504 e.